The summed E-state index contributed by atoms with van der Waals surface area (Å²) in [5.74, 6) is -1.69. The predicted molar refractivity (Wildman–Crippen MR) is 70.5 cm³/mol. The maximum atomic E-state index is 11.7. The van der Waals surface area contributed by atoms with Crippen molar-refractivity contribution in [2.75, 3.05) is 0 Å². The fraction of sp³-hybridized carbons (Fsp3) is 0.429. The molecule has 1 aromatic carbocycles. The van der Waals surface area contributed by atoms with Gasteiger partial charge in [0.05, 0.1) is 6.10 Å². The van der Waals surface area contributed by atoms with Gasteiger partial charge >= 0.3 is 5.97 Å². The van der Waals surface area contributed by atoms with Crippen LogP contribution < -0.4 is 5.32 Å². The van der Waals surface area contributed by atoms with Crippen molar-refractivity contribution < 1.29 is 19.8 Å². The maximum absolute atomic E-state index is 11.7. The molecule has 5 heteroatoms. The molecule has 0 radical (unpaired) electrons. The Bertz CT molecular complexity index is 446. The van der Waals surface area contributed by atoms with E-state index in [9.17, 15) is 19.8 Å². The molecule has 2 unspecified atom stereocenters. The summed E-state index contributed by atoms with van der Waals surface area (Å²) < 4.78 is 0. The zero-order valence-corrected chi connectivity index (χ0v) is 11.1. The number of carboxylic acid groups (broad SMARTS) is 1. The van der Waals surface area contributed by atoms with Crippen molar-refractivity contribution in [1.82, 2.24) is 5.32 Å². The van der Waals surface area contributed by atoms with Crippen LogP contribution in [0.25, 0.3) is 0 Å². The molecule has 0 saturated heterocycles. The molecule has 0 saturated carbocycles. The first-order valence-corrected chi connectivity index (χ1v) is 6.27. The van der Waals surface area contributed by atoms with Crippen LogP contribution in [0, 0.1) is 0 Å². The average Bonchev–Trinajstić information content (AvgIpc) is 2.44. The minimum absolute atomic E-state index is 0.151. The Hall–Kier alpha value is -1.88. The molecule has 0 aliphatic heterocycles. The first-order valence-electron chi connectivity index (χ1n) is 6.27. The van der Waals surface area contributed by atoms with Gasteiger partial charge in [-0.1, -0.05) is 44.2 Å². The lowest BCUT2D eigenvalue weighted by atomic mass is 9.83. The summed E-state index contributed by atoms with van der Waals surface area (Å²) in [6, 6.07) is 8.27. The molecule has 0 fully saturated rings. The van der Waals surface area contributed by atoms with Crippen molar-refractivity contribution in [3.05, 3.63) is 35.9 Å². The highest BCUT2D eigenvalue weighted by Gasteiger charge is 2.47. The van der Waals surface area contributed by atoms with Gasteiger partial charge in [0.2, 0.25) is 5.91 Å². The normalized spacial score (nSPS) is 15.3. The Labute approximate surface area is 112 Å². The topological polar surface area (TPSA) is 86.6 Å². The first kappa shape index (κ1) is 15.2. The van der Waals surface area contributed by atoms with E-state index in [-0.39, 0.29) is 12.8 Å². The number of aliphatic hydroxyl groups is 1. The van der Waals surface area contributed by atoms with E-state index in [1.807, 2.05) is 0 Å². The number of carbonyl (C=O) groups is 2. The largest absolute Gasteiger partial charge is 0.479 e. The van der Waals surface area contributed by atoms with Crippen LogP contribution in [0.1, 0.15) is 32.3 Å². The first-order chi connectivity index (χ1) is 8.98. The number of hydrogen-bond acceptors (Lipinski definition) is 3. The van der Waals surface area contributed by atoms with Crippen LogP contribution in [0.4, 0.5) is 0 Å². The van der Waals surface area contributed by atoms with E-state index in [1.165, 1.54) is 0 Å². The zero-order chi connectivity index (χ0) is 14.5. The average molecular weight is 265 g/mol. The van der Waals surface area contributed by atoms with Crippen molar-refractivity contribution in [2.24, 2.45) is 0 Å². The Morgan fingerprint density at radius 3 is 2.26 bits per heavy atom. The van der Waals surface area contributed by atoms with Gasteiger partial charge in [-0.15, -0.1) is 0 Å². The summed E-state index contributed by atoms with van der Waals surface area (Å²) in [6.07, 6.45) is -0.841. The highest BCUT2D eigenvalue weighted by Crippen LogP contribution is 2.28. The number of carboxylic acids is 1. The molecule has 0 bridgehead atoms. The van der Waals surface area contributed by atoms with E-state index >= 15 is 0 Å². The molecule has 1 aromatic rings. The minimum atomic E-state index is -1.80. The van der Waals surface area contributed by atoms with Crippen LogP contribution >= 0.6 is 0 Å². The summed E-state index contributed by atoms with van der Waals surface area (Å²) in [5.41, 5.74) is -1.44. The highest BCUT2D eigenvalue weighted by atomic mass is 16.4. The smallest absolute Gasteiger partial charge is 0.336 e. The molecular weight excluding hydrogens is 246 g/mol. The second-order valence-corrected chi connectivity index (χ2v) is 4.30. The Morgan fingerprint density at radius 2 is 1.84 bits per heavy atom. The van der Waals surface area contributed by atoms with Gasteiger partial charge in [-0.2, -0.15) is 0 Å². The number of rotatable bonds is 6. The Morgan fingerprint density at radius 1 is 1.26 bits per heavy atom. The predicted octanol–water partition coefficient (Wildman–Crippen LogP) is 1.26. The van der Waals surface area contributed by atoms with Crippen LogP contribution in [0.5, 0.6) is 0 Å². The van der Waals surface area contributed by atoms with Gasteiger partial charge in [0.1, 0.15) is 0 Å². The summed E-state index contributed by atoms with van der Waals surface area (Å²) in [7, 11) is 0. The number of benzene rings is 1. The third-order valence-corrected chi connectivity index (χ3v) is 3.11. The number of nitrogens with one attached hydrogen (secondary N) is 1. The van der Waals surface area contributed by atoms with E-state index in [0.717, 1.165) is 0 Å². The van der Waals surface area contributed by atoms with Crippen LogP contribution in [0.2, 0.25) is 0 Å². The molecule has 2 atom stereocenters. The van der Waals surface area contributed by atoms with Crippen LogP contribution in [0.15, 0.2) is 30.3 Å². The van der Waals surface area contributed by atoms with Crippen LogP contribution in [-0.4, -0.2) is 28.2 Å². The quantitative estimate of drug-likeness (QED) is 0.722. The summed E-state index contributed by atoms with van der Waals surface area (Å²) in [4.78, 5) is 23.3. The zero-order valence-electron chi connectivity index (χ0n) is 11.1. The molecule has 0 aliphatic carbocycles. The van der Waals surface area contributed by atoms with Crippen molar-refractivity contribution in [1.29, 1.82) is 0 Å². The van der Waals surface area contributed by atoms with Gasteiger partial charge in [0.25, 0.3) is 0 Å². The summed E-state index contributed by atoms with van der Waals surface area (Å²) in [5, 5.41) is 22.1. The second kappa shape index (κ2) is 6.33. The van der Waals surface area contributed by atoms with E-state index in [4.69, 9.17) is 0 Å². The number of aliphatic carboxylic acids is 1. The summed E-state index contributed by atoms with van der Waals surface area (Å²) >= 11 is 0. The minimum Gasteiger partial charge on any atom is -0.479 e. The Kier molecular flexibility index (Phi) is 5.06. The molecular formula is C14H19NO4. The molecule has 3 N–H and O–H groups in total. The fourth-order valence-electron chi connectivity index (χ4n) is 1.98. The lowest BCUT2D eigenvalue weighted by molar-refractivity contribution is -0.154. The van der Waals surface area contributed by atoms with Gasteiger partial charge in [-0.25, -0.2) is 4.79 Å². The molecule has 104 valence electrons. The van der Waals surface area contributed by atoms with E-state index in [1.54, 1.807) is 44.2 Å². The molecule has 19 heavy (non-hydrogen) atoms. The monoisotopic (exact) mass is 265 g/mol. The van der Waals surface area contributed by atoms with E-state index < -0.39 is 23.5 Å². The SMILES string of the molecule is CCC(=O)NC(C(=O)O)(c1ccccc1)C(O)CC. The number of aliphatic hydroxyl groups excluding tert-OH is 1. The standard InChI is InChI=1S/C14H19NO4/c1-3-11(16)14(13(18)19,15-12(17)4-2)10-8-6-5-7-9-10/h5-9,11,16H,3-4H2,1-2H3,(H,15,17)(H,18,19). The lowest BCUT2D eigenvalue weighted by Crippen LogP contribution is -2.59. The van der Waals surface area contributed by atoms with Gasteiger partial charge < -0.3 is 15.5 Å². The van der Waals surface area contributed by atoms with Crippen molar-refractivity contribution in [3.8, 4) is 0 Å². The number of hydrogen-bond donors (Lipinski definition) is 3. The third-order valence-electron chi connectivity index (χ3n) is 3.11. The Balaban J connectivity index is 3.36. The van der Waals surface area contributed by atoms with Crippen LogP contribution in [0.3, 0.4) is 0 Å². The highest BCUT2D eigenvalue weighted by molar-refractivity contribution is 5.88. The van der Waals surface area contributed by atoms with E-state index in [2.05, 4.69) is 5.32 Å². The molecule has 0 aromatic heterocycles. The molecule has 0 heterocycles. The molecule has 1 amide bonds. The molecule has 0 spiro atoms. The lowest BCUT2D eigenvalue weighted by Gasteiger charge is -2.35. The fourth-order valence-corrected chi connectivity index (χ4v) is 1.98. The van der Waals surface area contributed by atoms with Crippen molar-refractivity contribution >= 4 is 11.9 Å². The van der Waals surface area contributed by atoms with Crippen molar-refractivity contribution in [3.63, 3.8) is 0 Å². The van der Waals surface area contributed by atoms with Gasteiger partial charge in [-0.3, -0.25) is 4.79 Å². The maximum Gasteiger partial charge on any atom is 0.336 e. The van der Waals surface area contributed by atoms with E-state index in [0.29, 0.717) is 5.56 Å². The third kappa shape index (κ3) is 2.93. The van der Waals surface area contributed by atoms with Crippen LogP contribution in [-0.2, 0) is 15.1 Å². The second-order valence-electron chi connectivity index (χ2n) is 4.30. The molecule has 1 rings (SSSR count). The number of carbonyl (C=O) groups excluding carboxylic acids is 1. The summed E-state index contributed by atoms with van der Waals surface area (Å²) in [6.45, 7) is 3.30. The number of amides is 1. The molecule has 5 nitrogen and oxygen atoms in total. The van der Waals surface area contributed by atoms with Crippen molar-refractivity contribution in [2.45, 2.75) is 38.3 Å². The van der Waals surface area contributed by atoms with Gasteiger partial charge in [-0.05, 0) is 12.0 Å². The van der Waals surface area contributed by atoms with Gasteiger partial charge in [0, 0.05) is 6.42 Å². The van der Waals surface area contributed by atoms with Gasteiger partial charge in [0.15, 0.2) is 5.54 Å². The molecule has 0 aliphatic rings.